The van der Waals surface area contributed by atoms with Gasteiger partial charge in [0.25, 0.3) is 0 Å². The predicted molar refractivity (Wildman–Crippen MR) is 201 cm³/mol. The third kappa shape index (κ3) is 4.77. The number of hydrogen-bond acceptors (Lipinski definition) is 5. The summed E-state index contributed by atoms with van der Waals surface area (Å²) in [6, 6.07) is 26.5. The van der Waals surface area contributed by atoms with Crippen molar-refractivity contribution in [3.05, 3.63) is 190 Å². The van der Waals surface area contributed by atoms with Crippen molar-refractivity contribution in [2.75, 3.05) is 6.54 Å². The number of hydrogen-bond donors (Lipinski definition) is 3. The number of nitrogens with one attached hydrogen (secondary N) is 3. The first-order valence-corrected chi connectivity index (χ1v) is 17.0. The number of allylic oxidation sites excluding steroid dienone is 9. The number of aliphatic imine (C=N–C) groups is 1. The van der Waals surface area contributed by atoms with Crippen LogP contribution in [0.2, 0.25) is 0 Å². The van der Waals surface area contributed by atoms with Gasteiger partial charge in [0.2, 0.25) is 0 Å². The number of rotatable bonds is 4. The molecule has 234 valence electrons. The Bertz CT molecular complexity index is 2400. The van der Waals surface area contributed by atoms with Crippen LogP contribution in [0.3, 0.4) is 0 Å². The Morgan fingerprint density at radius 3 is 2.63 bits per heavy atom. The zero-order valence-corrected chi connectivity index (χ0v) is 26.8. The lowest BCUT2D eigenvalue weighted by atomic mass is 9.84. The number of benzene rings is 3. The summed E-state index contributed by atoms with van der Waals surface area (Å²) in [6.45, 7) is 1.61. The molecule has 10 rings (SSSR count). The molecule has 4 aromatic rings. The van der Waals surface area contributed by atoms with Gasteiger partial charge < -0.3 is 16.0 Å². The van der Waals surface area contributed by atoms with E-state index in [0.717, 1.165) is 46.5 Å². The zero-order chi connectivity index (χ0) is 32.3. The van der Waals surface area contributed by atoms with Crippen LogP contribution in [0.25, 0.3) is 39.0 Å². The van der Waals surface area contributed by atoms with Crippen molar-refractivity contribution in [2.24, 2.45) is 4.99 Å². The molecule has 0 amide bonds. The number of fused-ring (bicyclic) bond motifs is 5. The predicted octanol–water partition coefficient (Wildman–Crippen LogP) is 7.95. The molecule has 49 heavy (non-hydrogen) atoms. The molecular formula is C44H33N5. The van der Waals surface area contributed by atoms with E-state index in [4.69, 9.17) is 4.98 Å². The van der Waals surface area contributed by atoms with E-state index in [2.05, 4.69) is 161 Å². The summed E-state index contributed by atoms with van der Waals surface area (Å²) in [5.74, 6) is 0. The highest BCUT2D eigenvalue weighted by Crippen LogP contribution is 2.36. The quantitative estimate of drug-likeness (QED) is 0.214. The fourth-order valence-electron chi connectivity index (χ4n) is 7.71. The van der Waals surface area contributed by atoms with E-state index in [1.54, 1.807) is 0 Å². The molecule has 0 saturated carbocycles. The molecule has 5 heterocycles. The van der Waals surface area contributed by atoms with Crippen LogP contribution in [0.15, 0.2) is 167 Å². The van der Waals surface area contributed by atoms with Gasteiger partial charge in [0.1, 0.15) is 0 Å². The lowest BCUT2D eigenvalue weighted by Gasteiger charge is -2.33. The van der Waals surface area contributed by atoms with Gasteiger partial charge in [-0.1, -0.05) is 109 Å². The van der Waals surface area contributed by atoms with Crippen LogP contribution in [0.4, 0.5) is 0 Å². The summed E-state index contributed by atoms with van der Waals surface area (Å²) in [4.78, 5) is 9.60. The molecule has 0 spiro atoms. The highest BCUT2D eigenvalue weighted by molar-refractivity contribution is 5.95. The molecule has 6 aliphatic rings. The van der Waals surface area contributed by atoms with Crippen LogP contribution < -0.4 is 16.0 Å². The minimum Gasteiger partial charge on any atom is -0.382 e. The molecule has 5 nitrogen and oxygen atoms in total. The van der Waals surface area contributed by atoms with Gasteiger partial charge >= 0.3 is 0 Å². The number of dihydropyridines is 3. The molecule has 0 fully saturated rings. The van der Waals surface area contributed by atoms with E-state index in [1.807, 2.05) is 6.21 Å². The molecular weight excluding hydrogens is 599 g/mol. The second kappa shape index (κ2) is 11.2. The van der Waals surface area contributed by atoms with Gasteiger partial charge in [-0.25, -0.2) is 4.98 Å². The first kappa shape index (κ1) is 27.9. The van der Waals surface area contributed by atoms with Gasteiger partial charge in [0, 0.05) is 40.7 Å². The summed E-state index contributed by atoms with van der Waals surface area (Å²) >= 11 is 0. The summed E-state index contributed by atoms with van der Waals surface area (Å²) in [5.41, 5.74) is 17.7. The van der Waals surface area contributed by atoms with E-state index in [9.17, 15) is 0 Å². The first-order valence-electron chi connectivity index (χ1n) is 17.0. The van der Waals surface area contributed by atoms with E-state index >= 15 is 0 Å². The molecule has 1 aromatic heterocycles. The monoisotopic (exact) mass is 631 g/mol. The molecule has 0 bridgehead atoms. The molecule has 2 atom stereocenters. The molecule has 0 radical (unpaired) electrons. The maximum atomic E-state index is 5.11. The minimum absolute atomic E-state index is 0.0887. The molecule has 2 unspecified atom stereocenters. The zero-order valence-electron chi connectivity index (χ0n) is 26.8. The van der Waals surface area contributed by atoms with Crippen LogP contribution in [-0.4, -0.2) is 29.8 Å². The van der Waals surface area contributed by atoms with Crippen LogP contribution >= 0.6 is 0 Å². The largest absolute Gasteiger partial charge is 0.382 e. The summed E-state index contributed by atoms with van der Waals surface area (Å²) in [6.07, 6.45) is 26.3. The smallest absolute Gasteiger partial charge is 0.0922 e. The lowest BCUT2D eigenvalue weighted by Crippen LogP contribution is -2.40. The molecule has 2 aliphatic carbocycles. The van der Waals surface area contributed by atoms with Crippen molar-refractivity contribution in [3.8, 4) is 11.3 Å². The summed E-state index contributed by atoms with van der Waals surface area (Å²) < 4.78 is 0. The van der Waals surface area contributed by atoms with Crippen LogP contribution in [0.1, 0.15) is 27.8 Å². The average molecular weight is 632 g/mol. The van der Waals surface area contributed by atoms with Crippen molar-refractivity contribution < 1.29 is 0 Å². The maximum Gasteiger partial charge on any atom is 0.0922 e. The standard InChI is InChI=1S/C44H33N5/c1-3-34-25-45-26-38(34)36(5-1)40-19-16-30-11-13-33(24-42(30)49-40)39-18-15-29-10-12-32(23-41(29)48-39)27-6-8-28(9-7-27)35-20-22-47-44-37(35)17-14-31-4-2-21-46-43(31)44/h1-20,22-24,26,41,44,46-48H,21,25H2. The lowest BCUT2D eigenvalue weighted by molar-refractivity contribution is 0.675. The Kier molecular flexibility index (Phi) is 6.37. The van der Waals surface area contributed by atoms with Crippen molar-refractivity contribution >= 4 is 34.0 Å². The fraction of sp³-hybridized carbons (Fsp3) is 0.0909. The number of aromatic nitrogens is 1. The van der Waals surface area contributed by atoms with E-state index < -0.39 is 0 Å². The van der Waals surface area contributed by atoms with E-state index in [-0.39, 0.29) is 12.1 Å². The highest BCUT2D eigenvalue weighted by atomic mass is 15.0. The van der Waals surface area contributed by atoms with Crippen molar-refractivity contribution in [1.29, 1.82) is 0 Å². The minimum atomic E-state index is 0.0887. The van der Waals surface area contributed by atoms with Crippen LogP contribution in [0.5, 0.6) is 0 Å². The average Bonchev–Trinajstić information content (AvgIpc) is 3.66. The van der Waals surface area contributed by atoms with Gasteiger partial charge in [0.05, 0.1) is 29.8 Å². The van der Waals surface area contributed by atoms with Crippen LogP contribution in [0, 0.1) is 0 Å². The van der Waals surface area contributed by atoms with Crippen molar-refractivity contribution in [1.82, 2.24) is 20.9 Å². The third-order valence-electron chi connectivity index (χ3n) is 10.3. The van der Waals surface area contributed by atoms with Gasteiger partial charge in [-0.3, -0.25) is 4.99 Å². The van der Waals surface area contributed by atoms with Gasteiger partial charge in [0.15, 0.2) is 0 Å². The molecule has 5 heteroatoms. The third-order valence-corrected chi connectivity index (χ3v) is 10.3. The Morgan fingerprint density at radius 1 is 0.776 bits per heavy atom. The Morgan fingerprint density at radius 2 is 1.67 bits per heavy atom. The molecule has 0 saturated heterocycles. The van der Waals surface area contributed by atoms with Crippen molar-refractivity contribution in [2.45, 2.75) is 18.6 Å². The van der Waals surface area contributed by atoms with E-state index in [1.165, 1.54) is 55.8 Å². The molecule has 3 aromatic carbocycles. The topological polar surface area (TPSA) is 61.3 Å². The van der Waals surface area contributed by atoms with Crippen molar-refractivity contribution in [3.63, 3.8) is 0 Å². The molecule has 3 N–H and O–H groups in total. The highest BCUT2D eigenvalue weighted by Gasteiger charge is 2.28. The second-order valence-electron chi connectivity index (χ2n) is 13.1. The van der Waals surface area contributed by atoms with Gasteiger partial charge in [-0.05, 0) is 80.6 Å². The van der Waals surface area contributed by atoms with Gasteiger partial charge in [-0.15, -0.1) is 0 Å². The SMILES string of the molecule is C1=CC2=C(NC1)C1NC=CC(c3ccc(C4=CC5NC(c6ccc7ccc(-c8cccc9c8C=NC9)nc7c6)=CC=C5C=C4)cc3)=C1C=C2. The second-order valence-corrected chi connectivity index (χ2v) is 13.1. The Hall–Kier alpha value is -6.20. The van der Waals surface area contributed by atoms with Gasteiger partial charge in [-0.2, -0.15) is 0 Å². The molecule has 4 aliphatic heterocycles. The normalized spacial score (nSPS) is 21.2. The number of nitrogens with zero attached hydrogens (tertiary/aromatic N) is 2. The maximum absolute atomic E-state index is 5.11. The Balaban J connectivity index is 0.905. The summed E-state index contributed by atoms with van der Waals surface area (Å²) in [5, 5.41) is 12.1. The fourth-order valence-corrected chi connectivity index (χ4v) is 7.71. The van der Waals surface area contributed by atoms with Crippen LogP contribution in [-0.2, 0) is 6.54 Å². The first-order chi connectivity index (χ1) is 24.2. The number of pyridine rings is 1. The summed E-state index contributed by atoms with van der Waals surface area (Å²) in [7, 11) is 0. The Labute approximate surface area is 285 Å². The van der Waals surface area contributed by atoms with E-state index in [0.29, 0.717) is 0 Å².